The molecule has 2 aromatic carbocycles. The number of aromatic nitrogens is 2. The third kappa shape index (κ3) is 5.00. The molecule has 1 aliphatic rings. The predicted octanol–water partition coefficient (Wildman–Crippen LogP) is 4.53. The maximum atomic E-state index is 12.8. The third-order valence-electron chi connectivity index (χ3n) is 4.91. The van der Waals surface area contributed by atoms with Crippen molar-refractivity contribution in [3.05, 3.63) is 71.0 Å². The molecule has 0 spiro atoms. The van der Waals surface area contributed by atoms with E-state index in [1.165, 1.54) is 0 Å². The molecule has 7 nitrogen and oxygen atoms in total. The largest absolute Gasteiger partial charge is 0.424 e. The van der Waals surface area contributed by atoms with Crippen molar-refractivity contribution in [2.75, 3.05) is 16.8 Å². The number of halogens is 1. The monoisotopic (exact) mass is 436 g/mol. The molecule has 1 N–H and O–H groups in total. The molecular weight excluding hydrogens is 416 g/mol. The number of hydrogen-bond acceptors (Lipinski definition) is 5. The maximum absolute atomic E-state index is 12.8. The third-order valence-corrected chi connectivity index (χ3v) is 5.16. The first-order valence-electron chi connectivity index (χ1n) is 9.84. The van der Waals surface area contributed by atoms with Crippen LogP contribution in [-0.4, -0.2) is 28.3 Å². The van der Waals surface area contributed by atoms with Gasteiger partial charge in [-0.1, -0.05) is 17.7 Å². The van der Waals surface area contributed by atoms with Gasteiger partial charge in [-0.3, -0.25) is 9.59 Å². The van der Waals surface area contributed by atoms with E-state index in [1.807, 2.05) is 19.9 Å². The first-order valence-corrected chi connectivity index (χ1v) is 10.2. The van der Waals surface area contributed by atoms with E-state index in [4.69, 9.17) is 16.3 Å². The van der Waals surface area contributed by atoms with E-state index < -0.39 is 5.92 Å². The average Bonchev–Trinajstić information content (AvgIpc) is 3.10. The Morgan fingerprint density at radius 1 is 1.10 bits per heavy atom. The molecule has 2 heterocycles. The summed E-state index contributed by atoms with van der Waals surface area (Å²) in [6.07, 6.45) is 0.154. The van der Waals surface area contributed by atoms with Crippen molar-refractivity contribution >= 4 is 34.8 Å². The van der Waals surface area contributed by atoms with Crippen molar-refractivity contribution in [3.63, 3.8) is 0 Å². The van der Waals surface area contributed by atoms with E-state index in [2.05, 4.69) is 15.3 Å². The number of hydrogen-bond donors (Lipinski definition) is 1. The number of ether oxygens (including phenoxy) is 1. The van der Waals surface area contributed by atoms with Crippen LogP contribution in [0, 0.1) is 19.8 Å². The van der Waals surface area contributed by atoms with Gasteiger partial charge in [0.05, 0.1) is 5.92 Å². The van der Waals surface area contributed by atoms with Crippen molar-refractivity contribution in [2.45, 2.75) is 20.3 Å². The van der Waals surface area contributed by atoms with Gasteiger partial charge in [0.15, 0.2) is 0 Å². The Balaban J connectivity index is 1.42. The lowest BCUT2D eigenvalue weighted by molar-refractivity contribution is -0.122. The van der Waals surface area contributed by atoms with Gasteiger partial charge >= 0.3 is 6.01 Å². The summed E-state index contributed by atoms with van der Waals surface area (Å²) in [7, 11) is 0. The average molecular weight is 437 g/mol. The minimum atomic E-state index is -0.449. The molecule has 0 bridgehead atoms. The molecule has 158 valence electrons. The highest BCUT2D eigenvalue weighted by molar-refractivity contribution is 6.30. The molecule has 0 saturated carbocycles. The fourth-order valence-electron chi connectivity index (χ4n) is 3.48. The zero-order valence-electron chi connectivity index (χ0n) is 17.1. The summed E-state index contributed by atoms with van der Waals surface area (Å²) in [6.45, 7) is 4.06. The van der Waals surface area contributed by atoms with Crippen LogP contribution in [0.2, 0.25) is 5.02 Å². The van der Waals surface area contributed by atoms with Crippen LogP contribution in [0.4, 0.5) is 11.4 Å². The summed E-state index contributed by atoms with van der Waals surface area (Å²) >= 11 is 5.92. The molecule has 31 heavy (non-hydrogen) atoms. The van der Waals surface area contributed by atoms with Gasteiger partial charge in [-0.15, -0.1) is 0 Å². The van der Waals surface area contributed by atoms with Gasteiger partial charge in [0.25, 0.3) is 0 Å². The SMILES string of the molecule is Cc1cc(C)nc(Oc2cccc(NC(=O)C3CC(=O)N(c4ccc(Cl)cc4)C3)c2)n1. The fraction of sp³-hybridized carbons (Fsp3) is 0.217. The number of carbonyl (C=O) groups excluding carboxylic acids is 2. The van der Waals surface area contributed by atoms with Crippen LogP contribution >= 0.6 is 11.6 Å². The van der Waals surface area contributed by atoms with Crippen LogP contribution in [0.1, 0.15) is 17.8 Å². The number of nitrogens with zero attached hydrogens (tertiary/aromatic N) is 3. The second kappa shape index (κ2) is 8.73. The molecule has 1 unspecified atom stereocenters. The van der Waals surface area contributed by atoms with Gasteiger partial charge in [0.1, 0.15) is 5.75 Å². The normalized spacial score (nSPS) is 15.8. The molecule has 4 rings (SSSR count). The molecule has 1 atom stereocenters. The molecule has 0 aliphatic carbocycles. The quantitative estimate of drug-likeness (QED) is 0.635. The Hall–Kier alpha value is -3.45. The Morgan fingerprint density at radius 3 is 2.52 bits per heavy atom. The van der Waals surface area contributed by atoms with Crippen LogP contribution in [0.3, 0.4) is 0 Å². The summed E-state index contributed by atoms with van der Waals surface area (Å²) in [6, 6.07) is 16.1. The fourth-order valence-corrected chi connectivity index (χ4v) is 3.61. The molecule has 3 aromatic rings. The predicted molar refractivity (Wildman–Crippen MR) is 119 cm³/mol. The lowest BCUT2D eigenvalue weighted by atomic mass is 10.1. The number of aryl methyl sites for hydroxylation is 2. The van der Waals surface area contributed by atoms with Crippen LogP contribution in [0.5, 0.6) is 11.8 Å². The minimum absolute atomic E-state index is 0.0912. The van der Waals surface area contributed by atoms with Crippen molar-refractivity contribution < 1.29 is 14.3 Å². The molecule has 1 aliphatic heterocycles. The highest BCUT2D eigenvalue weighted by Gasteiger charge is 2.35. The summed E-state index contributed by atoms with van der Waals surface area (Å²) < 4.78 is 5.74. The van der Waals surface area contributed by atoms with Crippen molar-refractivity contribution in [3.8, 4) is 11.8 Å². The minimum Gasteiger partial charge on any atom is -0.424 e. The molecular formula is C23H21ClN4O3. The van der Waals surface area contributed by atoms with Crippen LogP contribution in [-0.2, 0) is 9.59 Å². The lowest BCUT2D eigenvalue weighted by Crippen LogP contribution is -2.28. The van der Waals surface area contributed by atoms with Crippen LogP contribution < -0.4 is 15.0 Å². The Bertz CT molecular complexity index is 1110. The second-order valence-corrected chi connectivity index (χ2v) is 7.87. The number of amides is 2. The zero-order chi connectivity index (χ0) is 22.0. The van der Waals surface area contributed by atoms with Gasteiger partial charge in [0, 0.05) is 46.8 Å². The lowest BCUT2D eigenvalue weighted by Gasteiger charge is -2.17. The van der Waals surface area contributed by atoms with E-state index in [1.54, 1.807) is 53.4 Å². The smallest absolute Gasteiger partial charge is 0.322 e. The Kier molecular flexibility index (Phi) is 5.86. The number of nitrogens with one attached hydrogen (secondary N) is 1. The highest BCUT2D eigenvalue weighted by Crippen LogP contribution is 2.28. The van der Waals surface area contributed by atoms with E-state index in [0.29, 0.717) is 23.0 Å². The second-order valence-electron chi connectivity index (χ2n) is 7.43. The molecule has 1 fully saturated rings. The Labute approximate surface area is 185 Å². The summed E-state index contributed by atoms with van der Waals surface area (Å²) in [4.78, 5) is 35.3. The number of carbonyl (C=O) groups is 2. The van der Waals surface area contributed by atoms with Gasteiger partial charge in [-0.05, 0) is 56.3 Å². The summed E-state index contributed by atoms with van der Waals surface area (Å²) in [5.74, 6) is -0.250. The van der Waals surface area contributed by atoms with Crippen molar-refractivity contribution in [1.29, 1.82) is 0 Å². The van der Waals surface area contributed by atoms with E-state index >= 15 is 0 Å². The van der Waals surface area contributed by atoms with Crippen LogP contribution in [0.25, 0.3) is 0 Å². The van der Waals surface area contributed by atoms with E-state index in [-0.39, 0.29) is 24.2 Å². The summed E-state index contributed by atoms with van der Waals surface area (Å²) in [5.41, 5.74) is 2.92. The van der Waals surface area contributed by atoms with Crippen LogP contribution in [0.15, 0.2) is 54.6 Å². The molecule has 0 radical (unpaired) electrons. The molecule has 8 heteroatoms. The topological polar surface area (TPSA) is 84.4 Å². The van der Waals surface area contributed by atoms with Gasteiger partial charge in [0.2, 0.25) is 11.8 Å². The Morgan fingerprint density at radius 2 is 1.81 bits per heavy atom. The van der Waals surface area contributed by atoms with Crippen molar-refractivity contribution in [1.82, 2.24) is 9.97 Å². The molecule has 2 amide bonds. The first kappa shape index (κ1) is 20.8. The first-order chi connectivity index (χ1) is 14.9. The number of rotatable bonds is 5. The standard InChI is InChI=1S/C23H21ClN4O3/c1-14-10-15(2)26-23(25-14)31-20-5-3-4-18(12-20)27-22(30)16-11-21(29)28(13-16)19-8-6-17(24)7-9-19/h3-10,12,16H,11,13H2,1-2H3,(H,27,30). The van der Waals surface area contributed by atoms with Gasteiger partial charge < -0.3 is 15.0 Å². The molecule has 1 aromatic heterocycles. The van der Waals surface area contributed by atoms with Gasteiger partial charge in [-0.25, -0.2) is 9.97 Å². The zero-order valence-corrected chi connectivity index (χ0v) is 17.9. The maximum Gasteiger partial charge on any atom is 0.322 e. The number of anilines is 2. The van der Waals surface area contributed by atoms with E-state index in [9.17, 15) is 9.59 Å². The highest BCUT2D eigenvalue weighted by atomic mass is 35.5. The van der Waals surface area contributed by atoms with Gasteiger partial charge in [-0.2, -0.15) is 0 Å². The van der Waals surface area contributed by atoms with E-state index in [0.717, 1.165) is 17.1 Å². The number of benzene rings is 2. The molecule has 1 saturated heterocycles. The van der Waals surface area contributed by atoms with Crippen molar-refractivity contribution in [2.24, 2.45) is 5.92 Å². The summed E-state index contributed by atoms with van der Waals surface area (Å²) in [5, 5.41) is 3.47.